The van der Waals surface area contributed by atoms with Gasteiger partial charge in [0.15, 0.2) is 0 Å². The van der Waals surface area contributed by atoms with Crippen LogP contribution in [-0.2, 0) is 5.60 Å². The zero-order valence-electron chi connectivity index (χ0n) is 10.1. The van der Waals surface area contributed by atoms with Gasteiger partial charge >= 0.3 is 6.18 Å². The first-order valence-electron chi connectivity index (χ1n) is 5.63. The lowest BCUT2D eigenvalue weighted by molar-refractivity contribution is -0.248. The lowest BCUT2D eigenvalue weighted by Crippen LogP contribution is -2.44. The maximum Gasteiger partial charge on any atom is 0.425 e. The van der Waals surface area contributed by atoms with E-state index in [-0.39, 0.29) is 11.1 Å². The predicted molar refractivity (Wildman–Crippen MR) is 64.5 cm³/mol. The minimum Gasteiger partial charge on any atom is -0.372 e. The molecule has 2 nitrogen and oxygen atoms in total. The van der Waals surface area contributed by atoms with E-state index in [2.05, 4.69) is 4.98 Å². The van der Waals surface area contributed by atoms with Gasteiger partial charge in [0.2, 0.25) is 5.60 Å². The van der Waals surface area contributed by atoms with Gasteiger partial charge in [0.25, 0.3) is 0 Å². The summed E-state index contributed by atoms with van der Waals surface area (Å²) in [5.74, 6) is 0. The number of halogens is 3. The van der Waals surface area contributed by atoms with E-state index in [1.165, 1.54) is 43.5 Å². The molecule has 0 fully saturated rings. The highest BCUT2D eigenvalue weighted by Gasteiger charge is 2.56. The number of rotatable bonds is 2. The topological polar surface area (TPSA) is 33.1 Å². The third-order valence-corrected chi connectivity index (χ3v) is 3.02. The Bertz CT molecular complexity index is 568. The van der Waals surface area contributed by atoms with Crippen molar-refractivity contribution >= 4 is 0 Å². The zero-order valence-corrected chi connectivity index (χ0v) is 10.1. The maximum atomic E-state index is 13.4. The maximum absolute atomic E-state index is 13.4. The Morgan fingerprint density at radius 1 is 1.05 bits per heavy atom. The van der Waals surface area contributed by atoms with Crippen LogP contribution in [0.15, 0.2) is 48.8 Å². The Balaban J connectivity index is 2.71. The molecule has 100 valence electrons. The number of hydrogen-bond acceptors (Lipinski definition) is 2. The van der Waals surface area contributed by atoms with Crippen LogP contribution in [0.25, 0.3) is 0 Å². The molecule has 1 aromatic heterocycles. The van der Waals surface area contributed by atoms with Gasteiger partial charge < -0.3 is 5.11 Å². The molecule has 1 unspecified atom stereocenters. The molecule has 19 heavy (non-hydrogen) atoms. The number of aliphatic hydroxyl groups is 1. The minimum atomic E-state index is -4.83. The Hall–Kier alpha value is -1.88. The number of nitrogens with zero attached hydrogens (tertiary/aromatic N) is 1. The molecule has 0 amide bonds. The third kappa shape index (κ3) is 2.21. The van der Waals surface area contributed by atoms with E-state index in [9.17, 15) is 18.3 Å². The summed E-state index contributed by atoms with van der Waals surface area (Å²) in [7, 11) is 0. The van der Waals surface area contributed by atoms with Crippen molar-refractivity contribution in [2.24, 2.45) is 0 Å². The molecular formula is C14H12F3NO. The number of aryl methyl sites for hydroxylation is 1. The van der Waals surface area contributed by atoms with E-state index < -0.39 is 11.8 Å². The van der Waals surface area contributed by atoms with Gasteiger partial charge in [-0.1, -0.05) is 30.3 Å². The molecule has 2 rings (SSSR count). The van der Waals surface area contributed by atoms with Crippen LogP contribution in [0.3, 0.4) is 0 Å². The SMILES string of the molecule is Cc1ccccc1C(O)(c1cccnc1)C(F)(F)F. The first kappa shape index (κ1) is 13.5. The molecule has 0 aliphatic rings. The summed E-state index contributed by atoms with van der Waals surface area (Å²) in [5.41, 5.74) is -3.16. The van der Waals surface area contributed by atoms with E-state index in [4.69, 9.17) is 0 Å². The smallest absolute Gasteiger partial charge is 0.372 e. The van der Waals surface area contributed by atoms with E-state index in [0.29, 0.717) is 5.56 Å². The Kier molecular flexibility index (Phi) is 3.32. The minimum absolute atomic E-state index is 0.185. The highest BCUT2D eigenvalue weighted by atomic mass is 19.4. The lowest BCUT2D eigenvalue weighted by Gasteiger charge is -2.32. The van der Waals surface area contributed by atoms with E-state index in [1.807, 2.05) is 0 Å². The van der Waals surface area contributed by atoms with Crippen LogP contribution in [0.2, 0.25) is 0 Å². The van der Waals surface area contributed by atoms with Crippen LogP contribution in [0, 0.1) is 6.92 Å². The summed E-state index contributed by atoms with van der Waals surface area (Å²) >= 11 is 0. The number of pyridine rings is 1. The normalized spacial score (nSPS) is 15.0. The Morgan fingerprint density at radius 2 is 1.74 bits per heavy atom. The molecule has 1 atom stereocenters. The van der Waals surface area contributed by atoms with Crippen molar-refractivity contribution in [3.8, 4) is 0 Å². The molecule has 0 aliphatic carbocycles. The second kappa shape index (κ2) is 4.66. The average molecular weight is 267 g/mol. The first-order valence-corrected chi connectivity index (χ1v) is 5.63. The molecule has 2 aromatic rings. The van der Waals surface area contributed by atoms with Crippen molar-refractivity contribution in [3.63, 3.8) is 0 Å². The van der Waals surface area contributed by atoms with Crippen LogP contribution in [0.4, 0.5) is 13.2 Å². The highest BCUT2D eigenvalue weighted by Crippen LogP contribution is 2.44. The van der Waals surface area contributed by atoms with Crippen LogP contribution in [0.5, 0.6) is 0 Å². The lowest BCUT2D eigenvalue weighted by atomic mass is 9.84. The molecule has 0 bridgehead atoms. The summed E-state index contributed by atoms with van der Waals surface area (Å²) < 4.78 is 40.1. The molecule has 0 saturated carbocycles. The fourth-order valence-corrected chi connectivity index (χ4v) is 2.03. The molecule has 0 saturated heterocycles. The van der Waals surface area contributed by atoms with E-state index in [0.717, 1.165) is 6.20 Å². The molecule has 1 heterocycles. The fraction of sp³-hybridized carbons (Fsp3) is 0.214. The largest absolute Gasteiger partial charge is 0.425 e. The van der Waals surface area contributed by atoms with Crippen molar-refractivity contribution in [3.05, 3.63) is 65.5 Å². The van der Waals surface area contributed by atoms with Crippen molar-refractivity contribution in [2.45, 2.75) is 18.7 Å². The van der Waals surface area contributed by atoms with E-state index >= 15 is 0 Å². The predicted octanol–water partition coefficient (Wildman–Crippen LogP) is 3.19. The second-order valence-electron chi connectivity index (χ2n) is 4.26. The van der Waals surface area contributed by atoms with Crippen LogP contribution in [0.1, 0.15) is 16.7 Å². The van der Waals surface area contributed by atoms with Crippen LogP contribution >= 0.6 is 0 Å². The van der Waals surface area contributed by atoms with Crippen LogP contribution < -0.4 is 0 Å². The van der Waals surface area contributed by atoms with Crippen LogP contribution in [-0.4, -0.2) is 16.3 Å². The second-order valence-corrected chi connectivity index (χ2v) is 4.26. The number of aromatic nitrogens is 1. The number of benzene rings is 1. The van der Waals surface area contributed by atoms with Crippen molar-refractivity contribution in [1.82, 2.24) is 4.98 Å². The summed E-state index contributed by atoms with van der Waals surface area (Å²) in [5, 5.41) is 10.3. The molecule has 1 N–H and O–H groups in total. The summed E-state index contributed by atoms with van der Waals surface area (Å²) in [6, 6.07) is 8.48. The van der Waals surface area contributed by atoms with Gasteiger partial charge in [0.05, 0.1) is 0 Å². The molecule has 0 aliphatic heterocycles. The zero-order chi connectivity index (χ0) is 14.1. The summed E-state index contributed by atoms with van der Waals surface area (Å²) in [4.78, 5) is 3.66. The van der Waals surface area contributed by atoms with Crippen molar-refractivity contribution in [1.29, 1.82) is 0 Å². The van der Waals surface area contributed by atoms with Gasteiger partial charge in [0, 0.05) is 23.5 Å². The van der Waals surface area contributed by atoms with Gasteiger partial charge in [-0.2, -0.15) is 13.2 Å². The molecular weight excluding hydrogens is 255 g/mol. The van der Waals surface area contributed by atoms with Gasteiger partial charge in [0.1, 0.15) is 0 Å². The molecule has 1 aromatic carbocycles. The fourth-order valence-electron chi connectivity index (χ4n) is 2.03. The van der Waals surface area contributed by atoms with E-state index in [1.54, 1.807) is 6.07 Å². The number of alkyl halides is 3. The van der Waals surface area contributed by atoms with Gasteiger partial charge in [-0.25, -0.2) is 0 Å². The third-order valence-electron chi connectivity index (χ3n) is 3.02. The Morgan fingerprint density at radius 3 is 2.26 bits per heavy atom. The Labute approximate surface area is 108 Å². The number of hydrogen-bond donors (Lipinski definition) is 1. The summed E-state index contributed by atoms with van der Waals surface area (Å²) in [6.45, 7) is 1.53. The summed E-state index contributed by atoms with van der Waals surface area (Å²) in [6.07, 6.45) is -2.44. The quantitative estimate of drug-likeness (QED) is 0.906. The molecule has 5 heteroatoms. The van der Waals surface area contributed by atoms with Crippen molar-refractivity contribution in [2.75, 3.05) is 0 Å². The highest BCUT2D eigenvalue weighted by molar-refractivity contribution is 5.41. The standard InChI is InChI=1S/C14H12F3NO/c1-10-5-2-3-7-12(10)13(19,14(15,16)17)11-6-4-8-18-9-11/h2-9,19H,1H3. The molecule has 0 radical (unpaired) electrons. The monoisotopic (exact) mass is 267 g/mol. The van der Waals surface area contributed by atoms with Gasteiger partial charge in [-0.05, 0) is 18.6 Å². The van der Waals surface area contributed by atoms with Gasteiger partial charge in [-0.15, -0.1) is 0 Å². The van der Waals surface area contributed by atoms with Gasteiger partial charge in [-0.3, -0.25) is 4.98 Å². The van der Waals surface area contributed by atoms with Crippen molar-refractivity contribution < 1.29 is 18.3 Å². The first-order chi connectivity index (χ1) is 8.87. The molecule has 0 spiro atoms. The average Bonchev–Trinajstić information content (AvgIpc) is 2.38.